The predicted molar refractivity (Wildman–Crippen MR) is 75.3 cm³/mol. The Balaban J connectivity index is 1.64. The first-order valence-electron chi connectivity index (χ1n) is 6.70. The number of carbonyl (C=O) groups is 1. The van der Waals surface area contributed by atoms with E-state index in [0.717, 1.165) is 45.0 Å². The fourth-order valence-corrected chi connectivity index (χ4v) is 2.70. The smallest absolute Gasteiger partial charge is 0.224 e. The van der Waals surface area contributed by atoms with E-state index in [2.05, 4.69) is 15.2 Å². The summed E-state index contributed by atoms with van der Waals surface area (Å²) in [6.07, 6.45) is 0.805. The summed E-state index contributed by atoms with van der Waals surface area (Å²) in [5.74, 6) is 0.148. The highest BCUT2D eigenvalue weighted by Gasteiger charge is 2.18. The summed E-state index contributed by atoms with van der Waals surface area (Å²) < 4.78 is 5.30. The number of nitrogens with zero attached hydrogens (tertiary/aromatic N) is 2. The van der Waals surface area contributed by atoms with Gasteiger partial charge in [0.15, 0.2) is 0 Å². The zero-order chi connectivity index (χ0) is 13.5. The van der Waals surface area contributed by atoms with Crippen molar-refractivity contribution in [3.05, 3.63) is 16.6 Å². The number of hydrogen-bond donors (Lipinski definition) is 1. The number of aromatic nitrogens is 1. The monoisotopic (exact) mass is 283 g/mol. The highest BCUT2D eigenvalue weighted by Crippen LogP contribution is 2.04. The molecule has 0 spiro atoms. The van der Waals surface area contributed by atoms with E-state index in [1.165, 1.54) is 0 Å². The molecule has 1 amide bonds. The summed E-state index contributed by atoms with van der Waals surface area (Å²) in [5.41, 5.74) is 2.87. The minimum absolute atomic E-state index is 0.0218. The molecule has 106 valence electrons. The summed E-state index contributed by atoms with van der Waals surface area (Å²) in [6.45, 7) is 6.86. The lowest BCUT2D eigenvalue weighted by molar-refractivity contribution is -0.125. The van der Waals surface area contributed by atoms with Crippen LogP contribution in [0.2, 0.25) is 0 Å². The van der Waals surface area contributed by atoms with Crippen molar-refractivity contribution in [3.8, 4) is 0 Å². The fourth-order valence-electron chi connectivity index (χ4n) is 2.10. The lowest BCUT2D eigenvalue weighted by Crippen LogP contribution is -2.43. The van der Waals surface area contributed by atoms with Crippen molar-refractivity contribution in [2.45, 2.75) is 13.3 Å². The Morgan fingerprint density at radius 3 is 3.05 bits per heavy atom. The molecule has 0 saturated carbocycles. The van der Waals surface area contributed by atoms with Gasteiger partial charge in [-0.25, -0.2) is 4.98 Å². The molecule has 1 saturated heterocycles. The molecule has 1 aliphatic heterocycles. The van der Waals surface area contributed by atoms with Gasteiger partial charge in [0.2, 0.25) is 5.91 Å². The molecule has 1 N–H and O–H groups in total. The highest BCUT2D eigenvalue weighted by atomic mass is 32.1. The zero-order valence-electron chi connectivity index (χ0n) is 11.3. The van der Waals surface area contributed by atoms with E-state index in [-0.39, 0.29) is 11.8 Å². The van der Waals surface area contributed by atoms with Crippen molar-refractivity contribution in [2.24, 2.45) is 5.92 Å². The van der Waals surface area contributed by atoms with Gasteiger partial charge in [0.25, 0.3) is 0 Å². The maximum absolute atomic E-state index is 12.0. The Labute approximate surface area is 118 Å². The molecular weight excluding hydrogens is 262 g/mol. The first-order valence-corrected chi connectivity index (χ1v) is 7.65. The van der Waals surface area contributed by atoms with E-state index in [4.69, 9.17) is 4.74 Å². The van der Waals surface area contributed by atoms with Crippen LogP contribution in [0.3, 0.4) is 0 Å². The molecule has 1 fully saturated rings. The van der Waals surface area contributed by atoms with Crippen LogP contribution in [0.1, 0.15) is 12.6 Å². The third-order valence-corrected chi connectivity index (χ3v) is 3.88. The molecule has 2 heterocycles. The summed E-state index contributed by atoms with van der Waals surface area (Å²) >= 11 is 1.59. The second-order valence-corrected chi connectivity index (χ2v) is 5.55. The van der Waals surface area contributed by atoms with Crippen LogP contribution in [0.25, 0.3) is 0 Å². The molecule has 0 bridgehead atoms. The van der Waals surface area contributed by atoms with Gasteiger partial charge < -0.3 is 10.1 Å². The predicted octanol–water partition coefficient (Wildman–Crippen LogP) is 0.770. The number of thiazole rings is 1. The third-order valence-electron chi connectivity index (χ3n) is 3.25. The number of hydrogen-bond acceptors (Lipinski definition) is 5. The second-order valence-electron chi connectivity index (χ2n) is 4.83. The van der Waals surface area contributed by atoms with E-state index in [0.29, 0.717) is 6.54 Å². The zero-order valence-corrected chi connectivity index (χ0v) is 12.1. The molecule has 2 rings (SSSR count). The topological polar surface area (TPSA) is 54.5 Å². The number of amides is 1. The first kappa shape index (κ1) is 14.4. The summed E-state index contributed by atoms with van der Waals surface area (Å²) in [5, 5.41) is 5.00. The van der Waals surface area contributed by atoms with Crippen LogP contribution in [0.4, 0.5) is 0 Å². The van der Waals surface area contributed by atoms with Crippen molar-refractivity contribution in [1.82, 2.24) is 15.2 Å². The number of rotatable bonds is 6. The summed E-state index contributed by atoms with van der Waals surface area (Å²) in [7, 11) is 0. The number of nitrogens with one attached hydrogen (secondary N) is 1. The third kappa shape index (κ3) is 4.89. The molecule has 1 unspecified atom stereocenters. The van der Waals surface area contributed by atoms with Gasteiger partial charge in [-0.15, -0.1) is 11.3 Å². The average Bonchev–Trinajstić information content (AvgIpc) is 2.93. The van der Waals surface area contributed by atoms with Crippen molar-refractivity contribution in [3.63, 3.8) is 0 Å². The van der Waals surface area contributed by atoms with Crippen LogP contribution in [0, 0.1) is 5.92 Å². The summed E-state index contributed by atoms with van der Waals surface area (Å²) in [4.78, 5) is 18.4. The quantitative estimate of drug-likeness (QED) is 0.838. The van der Waals surface area contributed by atoms with Crippen LogP contribution in [-0.4, -0.2) is 55.2 Å². The van der Waals surface area contributed by atoms with Crippen LogP contribution in [0.5, 0.6) is 0 Å². The van der Waals surface area contributed by atoms with Crippen LogP contribution in [0.15, 0.2) is 10.9 Å². The molecule has 1 aliphatic rings. The minimum atomic E-state index is 0.0218. The van der Waals surface area contributed by atoms with Gasteiger partial charge in [-0.05, 0) is 0 Å². The second kappa shape index (κ2) is 7.57. The molecule has 0 aromatic carbocycles. The molecule has 6 heteroatoms. The molecule has 1 aromatic rings. The SMILES string of the molecule is CC(CN1CCOCC1)C(=O)NCCc1cscn1. The Morgan fingerprint density at radius 1 is 1.58 bits per heavy atom. The molecule has 1 atom stereocenters. The number of ether oxygens (including phenoxy) is 1. The van der Waals surface area contributed by atoms with Crippen molar-refractivity contribution in [2.75, 3.05) is 39.4 Å². The highest BCUT2D eigenvalue weighted by molar-refractivity contribution is 7.07. The van der Waals surface area contributed by atoms with Gasteiger partial charge >= 0.3 is 0 Å². The van der Waals surface area contributed by atoms with E-state index < -0.39 is 0 Å². The number of morpholine rings is 1. The van der Waals surface area contributed by atoms with Gasteiger partial charge in [-0.3, -0.25) is 9.69 Å². The van der Waals surface area contributed by atoms with Gasteiger partial charge in [0.05, 0.1) is 24.4 Å². The lowest BCUT2D eigenvalue weighted by Gasteiger charge is -2.28. The minimum Gasteiger partial charge on any atom is -0.379 e. The Bertz CT molecular complexity index is 377. The van der Waals surface area contributed by atoms with Gasteiger partial charge in [-0.2, -0.15) is 0 Å². The van der Waals surface area contributed by atoms with Gasteiger partial charge in [-0.1, -0.05) is 6.92 Å². The molecule has 5 nitrogen and oxygen atoms in total. The molecule has 19 heavy (non-hydrogen) atoms. The maximum atomic E-state index is 12.0. The van der Waals surface area contributed by atoms with Crippen LogP contribution in [-0.2, 0) is 16.0 Å². The average molecular weight is 283 g/mol. The number of carbonyl (C=O) groups excluding carboxylic acids is 1. The van der Waals surface area contributed by atoms with Crippen LogP contribution < -0.4 is 5.32 Å². The van der Waals surface area contributed by atoms with Crippen molar-refractivity contribution < 1.29 is 9.53 Å². The van der Waals surface area contributed by atoms with Crippen molar-refractivity contribution in [1.29, 1.82) is 0 Å². The van der Waals surface area contributed by atoms with Crippen LogP contribution >= 0.6 is 11.3 Å². The molecular formula is C13H21N3O2S. The van der Waals surface area contributed by atoms with E-state index in [1.54, 1.807) is 11.3 Å². The summed E-state index contributed by atoms with van der Waals surface area (Å²) in [6, 6.07) is 0. The van der Waals surface area contributed by atoms with E-state index in [9.17, 15) is 4.79 Å². The van der Waals surface area contributed by atoms with E-state index >= 15 is 0 Å². The van der Waals surface area contributed by atoms with Crippen molar-refractivity contribution >= 4 is 17.2 Å². The molecule has 0 radical (unpaired) electrons. The molecule has 0 aliphatic carbocycles. The normalized spacial score (nSPS) is 18.2. The standard InChI is InChI=1S/C13H21N3O2S/c1-11(8-16-4-6-18-7-5-16)13(17)14-3-2-12-9-19-10-15-12/h9-11H,2-8H2,1H3,(H,14,17). The lowest BCUT2D eigenvalue weighted by atomic mass is 10.1. The largest absolute Gasteiger partial charge is 0.379 e. The Hall–Kier alpha value is -0.980. The molecule has 1 aromatic heterocycles. The maximum Gasteiger partial charge on any atom is 0.224 e. The fraction of sp³-hybridized carbons (Fsp3) is 0.692. The Kier molecular flexibility index (Phi) is 5.75. The van der Waals surface area contributed by atoms with E-state index in [1.807, 2.05) is 17.8 Å². The first-order chi connectivity index (χ1) is 9.25. The van der Waals surface area contributed by atoms with Gasteiger partial charge in [0, 0.05) is 43.9 Å². The Morgan fingerprint density at radius 2 is 2.37 bits per heavy atom. The van der Waals surface area contributed by atoms with Gasteiger partial charge in [0.1, 0.15) is 0 Å².